The molecule has 1 aliphatic rings. The molecule has 0 spiro atoms. The fraction of sp³-hybridized carbons (Fsp3) is 0.297. The molecule has 0 unspecified atom stereocenters. The predicted molar refractivity (Wildman–Crippen MR) is 177 cm³/mol. The number of anilines is 1. The van der Waals surface area contributed by atoms with E-state index in [2.05, 4.69) is 39.5 Å². The first kappa shape index (κ1) is 29.5. The summed E-state index contributed by atoms with van der Waals surface area (Å²) < 4.78 is 11.0. The van der Waals surface area contributed by atoms with Crippen LogP contribution >= 0.6 is 0 Å². The highest BCUT2D eigenvalue weighted by molar-refractivity contribution is 5.98. The van der Waals surface area contributed by atoms with Gasteiger partial charge in [0.05, 0.1) is 31.7 Å². The van der Waals surface area contributed by atoms with Gasteiger partial charge >= 0.3 is 0 Å². The van der Waals surface area contributed by atoms with Crippen molar-refractivity contribution in [3.8, 4) is 11.5 Å². The highest BCUT2D eigenvalue weighted by atomic mass is 16.5. The van der Waals surface area contributed by atoms with Gasteiger partial charge in [-0.3, -0.25) is 14.5 Å². The number of nitrogens with zero attached hydrogens (tertiary/aromatic N) is 1. The average Bonchev–Trinajstić information content (AvgIpc) is 3.04. The molecule has 7 nitrogen and oxygen atoms in total. The van der Waals surface area contributed by atoms with Gasteiger partial charge in [-0.05, 0) is 103 Å². The highest BCUT2D eigenvalue weighted by Crippen LogP contribution is 2.33. The number of nitrogens with one attached hydrogen (secondary N) is 2. The van der Waals surface area contributed by atoms with E-state index >= 15 is 0 Å². The van der Waals surface area contributed by atoms with Crippen LogP contribution in [-0.2, 0) is 30.6 Å². The van der Waals surface area contributed by atoms with Crippen molar-refractivity contribution in [1.29, 1.82) is 0 Å². The number of aryl methyl sites for hydroxylation is 2. The number of hydrogen-bond acceptors (Lipinski definition) is 5. The molecule has 0 fully saturated rings. The van der Waals surface area contributed by atoms with Crippen molar-refractivity contribution in [1.82, 2.24) is 9.88 Å². The minimum atomic E-state index is -0.116. The second kappa shape index (κ2) is 12.9. The molecule has 4 aromatic carbocycles. The number of unbranched alkanes of at least 4 members (excludes halogenated alkanes) is 1. The maximum Gasteiger partial charge on any atom is 0.228 e. The third kappa shape index (κ3) is 6.19. The SMILES string of the molecule is COc1cc2c(cc1OC)CN(CCCCc1ccc(NC(=O)Cc3cccc4c(=O)c5cccc(C)c5[nH]c34)cc1)CC2. The summed E-state index contributed by atoms with van der Waals surface area (Å²) in [6.45, 7) is 5.04. The summed E-state index contributed by atoms with van der Waals surface area (Å²) in [5.74, 6) is 1.48. The van der Waals surface area contributed by atoms with Crippen molar-refractivity contribution in [2.24, 2.45) is 0 Å². The summed E-state index contributed by atoms with van der Waals surface area (Å²) in [6.07, 6.45) is 4.43. The molecule has 1 aromatic heterocycles. The molecule has 226 valence electrons. The summed E-state index contributed by atoms with van der Waals surface area (Å²) in [6, 6.07) is 23.6. The van der Waals surface area contributed by atoms with Crippen molar-refractivity contribution in [2.75, 3.05) is 32.6 Å². The highest BCUT2D eigenvalue weighted by Gasteiger charge is 2.19. The Morgan fingerprint density at radius 2 is 1.59 bits per heavy atom. The number of aromatic amines is 1. The van der Waals surface area contributed by atoms with Crippen LogP contribution in [0.25, 0.3) is 21.8 Å². The lowest BCUT2D eigenvalue weighted by Gasteiger charge is -2.29. The van der Waals surface area contributed by atoms with Crippen LogP contribution in [0.4, 0.5) is 5.69 Å². The molecule has 6 rings (SSSR count). The standard InChI is InChI=1S/C37H39N3O4/c1-24-8-6-11-30-35(24)39-36-27(10-7-12-31(36)37(30)42)22-34(41)38-29-15-13-25(14-16-29)9-4-5-18-40-19-17-26-20-32(43-2)33(44-3)21-28(26)23-40/h6-8,10-16,20-21H,4-5,9,17-19,22-23H2,1-3H3,(H,38,41)(H,39,42). The zero-order valence-electron chi connectivity index (χ0n) is 25.7. The van der Waals surface area contributed by atoms with Crippen molar-refractivity contribution < 1.29 is 14.3 Å². The Bertz CT molecular complexity index is 1880. The molecule has 2 N–H and O–H groups in total. The number of aromatic nitrogens is 1. The molecule has 0 atom stereocenters. The zero-order valence-corrected chi connectivity index (χ0v) is 25.7. The van der Waals surface area contributed by atoms with E-state index in [1.165, 1.54) is 16.7 Å². The van der Waals surface area contributed by atoms with Gasteiger partial charge < -0.3 is 19.8 Å². The van der Waals surface area contributed by atoms with Crippen LogP contribution < -0.4 is 20.2 Å². The first-order valence-electron chi connectivity index (χ1n) is 15.3. The molecule has 1 aliphatic heterocycles. The summed E-state index contributed by atoms with van der Waals surface area (Å²) >= 11 is 0. The van der Waals surface area contributed by atoms with Gasteiger partial charge in [0.2, 0.25) is 5.91 Å². The Balaban J connectivity index is 1.01. The maximum absolute atomic E-state index is 13.1. The van der Waals surface area contributed by atoms with Gasteiger partial charge in [0, 0.05) is 29.5 Å². The quantitative estimate of drug-likeness (QED) is 0.142. The second-order valence-corrected chi connectivity index (χ2v) is 11.7. The number of methoxy groups -OCH3 is 2. The minimum Gasteiger partial charge on any atom is -0.493 e. The topological polar surface area (TPSA) is 83.7 Å². The van der Waals surface area contributed by atoms with Gasteiger partial charge in [0.1, 0.15) is 0 Å². The predicted octanol–water partition coefficient (Wildman–Crippen LogP) is 6.57. The Morgan fingerprint density at radius 3 is 2.34 bits per heavy atom. The van der Waals surface area contributed by atoms with E-state index in [-0.39, 0.29) is 17.8 Å². The van der Waals surface area contributed by atoms with Crippen LogP contribution in [-0.4, -0.2) is 43.1 Å². The molecule has 0 saturated carbocycles. The largest absolute Gasteiger partial charge is 0.493 e. The van der Waals surface area contributed by atoms with Crippen LogP contribution in [0.3, 0.4) is 0 Å². The molecule has 7 heteroatoms. The molecule has 0 saturated heterocycles. The number of amides is 1. The normalized spacial score (nSPS) is 13.2. The number of fused-ring (bicyclic) bond motifs is 3. The van der Waals surface area contributed by atoms with E-state index in [4.69, 9.17) is 9.47 Å². The number of hydrogen-bond donors (Lipinski definition) is 2. The molecule has 44 heavy (non-hydrogen) atoms. The lowest BCUT2D eigenvalue weighted by molar-refractivity contribution is -0.115. The molecular weight excluding hydrogens is 550 g/mol. The third-order valence-corrected chi connectivity index (χ3v) is 8.74. The number of para-hydroxylation sites is 2. The van der Waals surface area contributed by atoms with Gasteiger partial charge in [0.25, 0.3) is 0 Å². The molecule has 1 amide bonds. The minimum absolute atomic E-state index is 0.0155. The van der Waals surface area contributed by atoms with E-state index < -0.39 is 0 Å². The van der Waals surface area contributed by atoms with E-state index in [9.17, 15) is 9.59 Å². The summed E-state index contributed by atoms with van der Waals surface area (Å²) in [4.78, 5) is 32.1. The molecule has 2 heterocycles. The fourth-order valence-electron chi connectivity index (χ4n) is 6.31. The van der Waals surface area contributed by atoms with Crippen LogP contribution in [0.1, 0.15) is 40.7 Å². The van der Waals surface area contributed by atoms with E-state index in [1.54, 1.807) is 14.2 Å². The number of H-pyrrole nitrogens is 1. The van der Waals surface area contributed by atoms with Crippen molar-refractivity contribution in [3.05, 3.63) is 111 Å². The Morgan fingerprint density at radius 1 is 0.886 bits per heavy atom. The molecule has 0 aliphatic carbocycles. The van der Waals surface area contributed by atoms with Crippen molar-refractivity contribution in [3.63, 3.8) is 0 Å². The van der Waals surface area contributed by atoms with Gasteiger partial charge in [0.15, 0.2) is 16.9 Å². The number of pyridine rings is 1. The van der Waals surface area contributed by atoms with Crippen LogP contribution in [0.15, 0.2) is 77.6 Å². The summed E-state index contributed by atoms with van der Waals surface area (Å²) in [5, 5.41) is 4.29. The maximum atomic E-state index is 13.1. The van der Waals surface area contributed by atoms with Gasteiger partial charge in [-0.2, -0.15) is 0 Å². The van der Waals surface area contributed by atoms with Gasteiger partial charge in [-0.25, -0.2) is 0 Å². The van der Waals surface area contributed by atoms with Crippen molar-refractivity contribution in [2.45, 2.75) is 45.6 Å². The second-order valence-electron chi connectivity index (χ2n) is 11.7. The third-order valence-electron chi connectivity index (χ3n) is 8.74. The van der Waals surface area contributed by atoms with E-state index in [0.717, 1.165) is 84.7 Å². The van der Waals surface area contributed by atoms with Gasteiger partial charge in [-0.15, -0.1) is 0 Å². The van der Waals surface area contributed by atoms with E-state index in [0.29, 0.717) is 10.8 Å². The van der Waals surface area contributed by atoms with Crippen LogP contribution in [0.5, 0.6) is 11.5 Å². The van der Waals surface area contributed by atoms with Crippen molar-refractivity contribution >= 4 is 33.4 Å². The molecule has 0 bridgehead atoms. The molecule has 5 aromatic rings. The zero-order chi connectivity index (χ0) is 30.6. The lowest BCUT2D eigenvalue weighted by atomic mass is 9.98. The van der Waals surface area contributed by atoms with Gasteiger partial charge in [-0.1, -0.05) is 36.4 Å². The number of benzene rings is 4. The Labute approximate surface area is 257 Å². The fourth-order valence-corrected chi connectivity index (χ4v) is 6.31. The first-order chi connectivity index (χ1) is 21.4. The number of carbonyl (C=O) groups excluding carboxylic acids is 1. The van der Waals surface area contributed by atoms with Crippen LogP contribution in [0.2, 0.25) is 0 Å². The van der Waals surface area contributed by atoms with E-state index in [1.807, 2.05) is 55.5 Å². The first-order valence-corrected chi connectivity index (χ1v) is 15.3. The summed E-state index contributed by atoms with van der Waals surface area (Å²) in [7, 11) is 3.37. The lowest BCUT2D eigenvalue weighted by Crippen LogP contribution is -2.31. The Kier molecular flexibility index (Phi) is 8.66. The number of carbonyl (C=O) groups is 1. The van der Waals surface area contributed by atoms with Crippen LogP contribution in [0, 0.1) is 6.92 Å². The molecular formula is C37H39N3O4. The Hall–Kier alpha value is -4.62. The number of rotatable bonds is 10. The smallest absolute Gasteiger partial charge is 0.228 e. The summed E-state index contributed by atoms with van der Waals surface area (Å²) in [5.41, 5.74) is 8.03. The number of ether oxygens (including phenoxy) is 2. The average molecular weight is 590 g/mol. The monoisotopic (exact) mass is 589 g/mol. The molecule has 0 radical (unpaired) electrons.